The molecule has 0 fully saturated rings. The molecular formula is C16H22Cl2O3. The fourth-order valence-electron chi connectivity index (χ4n) is 2.31. The monoisotopic (exact) mass is 332 g/mol. The minimum Gasteiger partial charge on any atom is -0.361 e. The largest absolute Gasteiger partial charge is 0.361 e. The molecule has 0 saturated carbocycles. The SMILES string of the molecule is CCCCC(CC)COC1(C(=O)Cl)C=CC=C(C(=O)Cl)C1. The summed E-state index contributed by atoms with van der Waals surface area (Å²) in [4.78, 5) is 23.1. The van der Waals surface area contributed by atoms with Crippen molar-refractivity contribution in [3.8, 4) is 0 Å². The highest BCUT2D eigenvalue weighted by Gasteiger charge is 2.39. The summed E-state index contributed by atoms with van der Waals surface area (Å²) in [6, 6.07) is 0. The molecule has 0 spiro atoms. The van der Waals surface area contributed by atoms with Crippen molar-refractivity contribution in [1.82, 2.24) is 0 Å². The van der Waals surface area contributed by atoms with Crippen LogP contribution in [0.3, 0.4) is 0 Å². The Morgan fingerprint density at radius 2 is 2.10 bits per heavy atom. The number of carbonyl (C=O) groups excluding carboxylic acids is 2. The van der Waals surface area contributed by atoms with Crippen molar-refractivity contribution in [3.05, 3.63) is 23.8 Å². The van der Waals surface area contributed by atoms with Gasteiger partial charge >= 0.3 is 0 Å². The average Bonchev–Trinajstić information content (AvgIpc) is 2.47. The van der Waals surface area contributed by atoms with Gasteiger partial charge in [0.25, 0.3) is 5.24 Å². The number of ether oxygens (including phenoxy) is 1. The van der Waals surface area contributed by atoms with Gasteiger partial charge in [-0.2, -0.15) is 0 Å². The summed E-state index contributed by atoms with van der Waals surface area (Å²) in [7, 11) is 0. The Morgan fingerprint density at radius 1 is 1.38 bits per heavy atom. The topological polar surface area (TPSA) is 43.4 Å². The zero-order valence-corrected chi connectivity index (χ0v) is 14.0. The summed E-state index contributed by atoms with van der Waals surface area (Å²) in [5.41, 5.74) is -0.926. The van der Waals surface area contributed by atoms with Crippen molar-refractivity contribution >= 4 is 33.7 Å². The Bertz CT molecular complexity index is 443. The van der Waals surface area contributed by atoms with E-state index in [2.05, 4.69) is 13.8 Å². The highest BCUT2D eigenvalue weighted by molar-refractivity contribution is 6.68. The van der Waals surface area contributed by atoms with E-state index < -0.39 is 16.1 Å². The second kappa shape index (κ2) is 8.72. The number of hydrogen-bond donors (Lipinski definition) is 0. The lowest BCUT2D eigenvalue weighted by Crippen LogP contribution is -2.40. The van der Waals surface area contributed by atoms with Crippen molar-refractivity contribution in [1.29, 1.82) is 0 Å². The van der Waals surface area contributed by atoms with Crippen molar-refractivity contribution in [2.24, 2.45) is 5.92 Å². The van der Waals surface area contributed by atoms with E-state index in [4.69, 9.17) is 27.9 Å². The number of halogens is 2. The van der Waals surface area contributed by atoms with Crippen LogP contribution in [-0.4, -0.2) is 22.7 Å². The fraction of sp³-hybridized carbons (Fsp3) is 0.625. The van der Waals surface area contributed by atoms with Gasteiger partial charge in [-0.3, -0.25) is 9.59 Å². The zero-order chi connectivity index (χ0) is 15.9. The minimum absolute atomic E-state index is 0.0956. The molecule has 0 bridgehead atoms. The van der Waals surface area contributed by atoms with Crippen LogP contribution in [0.5, 0.6) is 0 Å². The van der Waals surface area contributed by atoms with Gasteiger partial charge in [-0.25, -0.2) is 0 Å². The van der Waals surface area contributed by atoms with E-state index in [-0.39, 0.29) is 6.42 Å². The van der Waals surface area contributed by atoms with Crippen LogP contribution in [0.2, 0.25) is 0 Å². The first kappa shape index (κ1) is 18.4. The summed E-state index contributed by atoms with van der Waals surface area (Å²) < 4.78 is 5.84. The molecule has 0 radical (unpaired) electrons. The fourth-order valence-corrected chi connectivity index (χ4v) is 2.63. The van der Waals surface area contributed by atoms with Gasteiger partial charge < -0.3 is 4.74 Å². The molecule has 118 valence electrons. The second-order valence-electron chi connectivity index (χ2n) is 5.39. The van der Waals surface area contributed by atoms with Gasteiger partial charge in [-0.15, -0.1) is 0 Å². The van der Waals surface area contributed by atoms with Gasteiger partial charge in [0, 0.05) is 12.0 Å². The lowest BCUT2D eigenvalue weighted by molar-refractivity contribution is -0.132. The van der Waals surface area contributed by atoms with Crippen LogP contribution in [0, 0.1) is 5.92 Å². The first-order valence-electron chi connectivity index (χ1n) is 7.37. The molecule has 0 aromatic carbocycles. The average molecular weight is 333 g/mol. The van der Waals surface area contributed by atoms with E-state index in [9.17, 15) is 9.59 Å². The second-order valence-corrected chi connectivity index (χ2v) is 6.08. The predicted octanol–water partition coefficient (Wildman–Crippen LogP) is 4.38. The van der Waals surface area contributed by atoms with Crippen molar-refractivity contribution in [2.45, 2.75) is 51.6 Å². The van der Waals surface area contributed by atoms with Crippen LogP contribution in [0.1, 0.15) is 46.0 Å². The zero-order valence-electron chi connectivity index (χ0n) is 12.5. The number of carbonyl (C=O) groups is 2. The summed E-state index contributed by atoms with van der Waals surface area (Å²) in [5, 5.41) is -1.20. The molecule has 0 amide bonds. The van der Waals surface area contributed by atoms with Gasteiger partial charge in [0.2, 0.25) is 5.24 Å². The molecule has 21 heavy (non-hydrogen) atoms. The van der Waals surface area contributed by atoms with Crippen LogP contribution in [0.25, 0.3) is 0 Å². The molecule has 5 heteroatoms. The van der Waals surface area contributed by atoms with Gasteiger partial charge in [0.15, 0.2) is 5.60 Å². The third-order valence-electron chi connectivity index (χ3n) is 3.82. The Hall–Kier alpha value is -0.640. The number of rotatable bonds is 9. The van der Waals surface area contributed by atoms with E-state index >= 15 is 0 Å². The normalized spacial score (nSPS) is 22.8. The highest BCUT2D eigenvalue weighted by Crippen LogP contribution is 2.31. The Morgan fingerprint density at radius 3 is 2.62 bits per heavy atom. The quantitative estimate of drug-likeness (QED) is 0.588. The molecule has 0 aliphatic heterocycles. The molecule has 0 aromatic rings. The third-order valence-corrected chi connectivity index (χ3v) is 4.38. The number of allylic oxidation sites excluding steroid dienone is 2. The molecule has 0 aromatic heterocycles. The van der Waals surface area contributed by atoms with Crippen LogP contribution >= 0.6 is 23.2 Å². The van der Waals surface area contributed by atoms with E-state index in [0.717, 1.165) is 25.7 Å². The maximum absolute atomic E-state index is 11.8. The molecule has 2 unspecified atom stereocenters. The Balaban J connectivity index is 2.75. The summed E-state index contributed by atoms with van der Waals surface area (Å²) in [6.45, 7) is 4.69. The van der Waals surface area contributed by atoms with Crippen LogP contribution in [0.15, 0.2) is 23.8 Å². The lowest BCUT2D eigenvalue weighted by Gasteiger charge is -2.31. The first-order chi connectivity index (χ1) is 9.95. The molecule has 0 saturated heterocycles. The van der Waals surface area contributed by atoms with Crippen LogP contribution in [0.4, 0.5) is 0 Å². The van der Waals surface area contributed by atoms with Gasteiger partial charge in [0.05, 0.1) is 6.61 Å². The molecule has 2 atom stereocenters. The molecule has 1 aliphatic rings. The Labute approximate surface area is 136 Å². The summed E-state index contributed by atoms with van der Waals surface area (Å²) in [6.07, 6.45) is 9.19. The Kier molecular flexibility index (Phi) is 7.64. The lowest BCUT2D eigenvalue weighted by atomic mass is 9.90. The molecular weight excluding hydrogens is 311 g/mol. The highest BCUT2D eigenvalue weighted by atomic mass is 35.5. The van der Waals surface area contributed by atoms with E-state index in [1.807, 2.05) is 0 Å². The summed E-state index contributed by atoms with van der Waals surface area (Å²) >= 11 is 11.2. The standard InChI is InChI=1S/C16H22Cl2O3/c1-3-5-7-12(4-2)11-21-16(15(18)20)9-6-8-13(10-16)14(17)19/h6,8-9,12H,3-5,7,10-11H2,1-2H3. The van der Waals surface area contributed by atoms with E-state index in [1.165, 1.54) is 0 Å². The van der Waals surface area contributed by atoms with E-state index in [1.54, 1.807) is 18.2 Å². The van der Waals surface area contributed by atoms with Crippen LogP contribution in [-0.2, 0) is 14.3 Å². The smallest absolute Gasteiger partial charge is 0.257 e. The maximum atomic E-state index is 11.8. The van der Waals surface area contributed by atoms with E-state index in [0.29, 0.717) is 18.1 Å². The number of hydrogen-bond acceptors (Lipinski definition) is 3. The molecule has 0 N–H and O–H groups in total. The third kappa shape index (κ3) is 5.24. The summed E-state index contributed by atoms with van der Waals surface area (Å²) in [5.74, 6) is 0.382. The molecule has 0 heterocycles. The van der Waals surface area contributed by atoms with Crippen molar-refractivity contribution in [2.75, 3.05) is 6.61 Å². The molecule has 1 rings (SSSR count). The number of unbranched alkanes of at least 4 members (excludes halogenated alkanes) is 1. The molecule has 3 nitrogen and oxygen atoms in total. The minimum atomic E-state index is -1.27. The predicted molar refractivity (Wildman–Crippen MR) is 85.5 cm³/mol. The van der Waals surface area contributed by atoms with Crippen molar-refractivity contribution in [3.63, 3.8) is 0 Å². The van der Waals surface area contributed by atoms with Gasteiger partial charge in [-0.05, 0) is 41.6 Å². The van der Waals surface area contributed by atoms with Gasteiger partial charge in [-0.1, -0.05) is 45.3 Å². The maximum Gasteiger partial charge on any atom is 0.257 e. The first-order valence-corrected chi connectivity index (χ1v) is 8.13. The van der Waals surface area contributed by atoms with Gasteiger partial charge in [0.1, 0.15) is 0 Å². The van der Waals surface area contributed by atoms with Crippen LogP contribution < -0.4 is 0 Å². The van der Waals surface area contributed by atoms with Crippen molar-refractivity contribution < 1.29 is 14.3 Å². The molecule has 1 aliphatic carbocycles.